The van der Waals surface area contributed by atoms with Crippen LogP contribution in [0.4, 0.5) is 0 Å². The number of aliphatic carboxylic acids is 1. The number of carboxylic acid groups (broad SMARTS) is 1. The van der Waals surface area contributed by atoms with Gasteiger partial charge in [0, 0.05) is 16.5 Å². The van der Waals surface area contributed by atoms with E-state index in [1.54, 1.807) is 6.07 Å². The number of carbonyl (C=O) groups is 1. The van der Waals surface area contributed by atoms with Crippen molar-refractivity contribution in [2.75, 3.05) is 6.61 Å². The van der Waals surface area contributed by atoms with Crippen LogP contribution in [-0.4, -0.2) is 17.7 Å². The summed E-state index contributed by atoms with van der Waals surface area (Å²) in [6.07, 6.45) is 3.78. The summed E-state index contributed by atoms with van der Waals surface area (Å²) in [6, 6.07) is 9.59. The average molecular weight is 419 g/mol. The van der Waals surface area contributed by atoms with Gasteiger partial charge in [0.25, 0.3) is 0 Å². The maximum Gasteiger partial charge on any atom is 0.303 e. The second kappa shape index (κ2) is 9.02. The van der Waals surface area contributed by atoms with Crippen LogP contribution in [0.1, 0.15) is 47.9 Å². The average Bonchev–Trinajstić information content (AvgIpc) is 3.10. The molecule has 0 aromatic heterocycles. The molecule has 0 bridgehead atoms. The number of carboxylic acids is 1. The van der Waals surface area contributed by atoms with Crippen LogP contribution in [0.15, 0.2) is 35.9 Å². The highest BCUT2D eigenvalue weighted by Gasteiger charge is 2.18. The number of hydrogen-bond acceptors (Lipinski definition) is 2. The molecule has 148 valence electrons. The Morgan fingerprint density at radius 2 is 1.79 bits per heavy atom. The molecule has 1 N–H and O–H groups in total. The predicted molar refractivity (Wildman–Crippen MR) is 115 cm³/mol. The Hall–Kier alpha value is -1.97. The summed E-state index contributed by atoms with van der Waals surface area (Å²) in [4.78, 5) is 10.8. The minimum absolute atomic E-state index is 0.138. The fourth-order valence-electron chi connectivity index (χ4n) is 3.73. The van der Waals surface area contributed by atoms with Gasteiger partial charge in [-0.3, -0.25) is 4.79 Å². The van der Waals surface area contributed by atoms with Crippen LogP contribution < -0.4 is 4.74 Å². The van der Waals surface area contributed by atoms with Gasteiger partial charge in [-0.05, 0) is 97.2 Å². The molecular weight excluding hydrogens is 395 g/mol. The predicted octanol–water partition coefficient (Wildman–Crippen LogP) is 6.64. The number of halogens is 2. The Labute approximate surface area is 175 Å². The Balaban J connectivity index is 1.77. The lowest BCUT2D eigenvalue weighted by atomic mass is 9.99. The van der Waals surface area contributed by atoms with Crippen LogP contribution in [0.2, 0.25) is 10.0 Å². The number of hydrogen-bond donors (Lipinski definition) is 1. The van der Waals surface area contributed by atoms with E-state index < -0.39 is 5.97 Å². The van der Waals surface area contributed by atoms with Gasteiger partial charge in [0.2, 0.25) is 0 Å². The van der Waals surface area contributed by atoms with E-state index in [0.29, 0.717) is 23.1 Å². The topological polar surface area (TPSA) is 46.5 Å². The highest BCUT2D eigenvalue weighted by atomic mass is 35.5. The van der Waals surface area contributed by atoms with Crippen LogP contribution in [0.5, 0.6) is 5.75 Å². The number of rotatable bonds is 7. The SMILES string of the molecule is Cc1c(CCC(=O)O)ccc(OCC2=C(c3cc(Cl)cc(Cl)c3)CCC2)c1C. The second-order valence-corrected chi connectivity index (χ2v) is 8.12. The summed E-state index contributed by atoms with van der Waals surface area (Å²) in [5.74, 6) is 0.0682. The van der Waals surface area contributed by atoms with Crippen molar-refractivity contribution in [1.29, 1.82) is 0 Å². The van der Waals surface area contributed by atoms with Crippen LogP contribution in [0.25, 0.3) is 5.57 Å². The maximum absolute atomic E-state index is 10.8. The monoisotopic (exact) mass is 418 g/mol. The van der Waals surface area contributed by atoms with E-state index >= 15 is 0 Å². The van der Waals surface area contributed by atoms with Gasteiger partial charge in [-0.2, -0.15) is 0 Å². The molecule has 3 nitrogen and oxygen atoms in total. The van der Waals surface area contributed by atoms with E-state index in [1.165, 1.54) is 11.1 Å². The van der Waals surface area contributed by atoms with Gasteiger partial charge in [0.1, 0.15) is 12.4 Å². The number of ether oxygens (including phenoxy) is 1. The molecule has 0 aliphatic heterocycles. The van der Waals surface area contributed by atoms with E-state index in [9.17, 15) is 4.79 Å². The fourth-order valence-corrected chi connectivity index (χ4v) is 4.25. The van der Waals surface area contributed by atoms with Gasteiger partial charge in [0.15, 0.2) is 0 Å². The maximum atomic E-state index is 10.8. The van der Waals surface area contributed by atoms with Gasteiger partial charge in [-0.1, -0.05) is 29.3 Å². The van der Waals surface area contributed by atoms with E-state index in [1.807, 2.05) is 38.1 Å². The molecule has 3 rings (SSSR count). The van der Waals surface area contributed by atoms with Gasteiger partial charge >= 0.3 is 5.97 Å². The molecule has 1 aliphatic carbocycles. The highest BCUT2D eigenvalue weighted by molar-refractivity contribution is 6.34. The molecule has 0 amide bonds. The molecule has 5 heteroatoms. The molecule has 0 saturated heterocycles. The van der Waals surface area contributed by atoms with Crippen LogP contribution in [-0.2, 0) is 11.2 Å². The molecule has 2 aromatic carbocycles. The lowest BCUT2D eigenvalue weighted by Gasteiger charge is -2.16. The minimum atomic E-state index is -0.779. The first-order chi connectivity index (χ1) is 13.3. The zero-order valence-electron chi connectivity index (χ0n) is 16.1. The molecule has 0 unspecified atom stereocenters. The van der Waals surface area contributed by atoms with E-state index in [-0.39, 0.29) is 6.42 Å². The van der Waals surface area contributed by atoms with Gasteiger partial charge in [-0.25, -0.2) is 0 Å². The van der Waals surface area contributed by atoms with Crippen molar-refractivity contribution in [3.8, 4) is 5.75 Å². The highest BCUT2D eigenvalue weighted by Crippen LogP contribution is 2.37. The molecule has 0 heterocycles. The molecular formula is C23H24Cl2O3. The van der Waals surface area contributed by atoms with Crippen molar-refractivity contribution in [2.45, 2.75) is 46.0 Å². The smallest absolute Gasteiger partial charge is 0.303 e. The molecule has 0 radical (unpaired) electrons. The zero-order chi connectivity index (χ0) is 20.3. The van der Waals surface area contributed by atoms with E-state index in [2.05, 4.69) is 0 Å². The molecule has 0 saturated carbocycles. The summed E-state index contributed by atoms with van der Waals surface area (Å²) in [6.45, 7) is 4.58. The van der Waals surface area contributed by atoms with Crippen molar-refractivity contribution >= 4 is 34.7 Å². The molecule has 0 fully saturated rings. The summed E-state index contributed by atoms with van der Waals surface area (Å²) < 4.78 is 6.15. The summed E-state index contributed by atoms with van der Waals surface area (Å²) in [5, 5.41) is 10.2. The van der Waals surface area contributed by atoms with E-state index in [0.717, 1.165) is 47.3 Å². The van der Waals surface area contributed by atoms with Gasteiger partial charge < -0.3 is 9.84 Å². The quantitative estimate of drug-likeness (QED) is 0.547. The minimum Gasteiger partial charge on any atom is -0.489 e. The first kappa shape index (κ1) is 20.8. The molecule has 1 aliphatic rings. The van der Waals surface area contributed by atoms with Crippen molar-refractivity contribution in [3.63, 3.8) is 0 Å². The fraction of sp³-hybridized carbons (Fsp3) is 0.348. The van der Waals surface area contributed by atoms with Crippen LogP contribution in [0, 0.1) is 13.8 Å². The third-order valence-electron chi connectivity index (χ3n) is 5.40. The molecule has 0 atom stereocenters. The summed E-state index contributed by atoms with van der Waals surface area (Å²) in [5.41, 5.74) is 6.85. The molecule has 2 aromatic rings. The lowest BCUT2D eigenvalue weighted by molar-refractivity contribution is -0.136. The summed E-state index contributed by atoms with van der Waals surface area (Å²) in [7, 11) is 0. The third kappa shape index (κ3) is 4.89. The first-order valence-corrected chi connectivity index (χ1v) is 10.2. The Morgan fingerprint density at radius 1 is 1.07 bits per heavy atom. The van der Waals surface area contributed by atoms with Crippen molar-refractivity contribution in [2.24, 2.45) is 0 Å². The Kier molecular flexibility index (Phi) is 6.69. The first-order valence-electron chi connectivity index (χ1n) is 9.46. The van der Waals surface area contributed by atoms with Crippen molar-refractivity contribution in [3.05, 3.63) is 68.2 Å². The molecule has 28 heavy (non-hydrogen) atoms. The summed E-state index contributed by atoms with van der Waals surface area (Å²) >= 11 is 12.3. The Morgan fingerprint density at radius 3 is 2.46 bits per heavy atom. The van der Waals surface area contributed by atoms with Crippen LogP contribution >= 0.6 is 23.2 Å². The van der Waals surface area contributed by atoms with Crippen LogP contribution in [0.3, 0.4) is 0 Å². The standard InChI is InChI=1S/C23H24Cl2O3/c1-14-15(2)22(8-6-16(14)7-9-23(26)27)28-13-17-4-3-5-21(17)18-10-19(24)12-20(25)11-18/h6,8,10-12H,3-5,7,9,13H2,1-2H3,(H,26,27). The van der Waals surface area contributed by atoms with E-state index in [4.69, 9.17) is 33.0 Å². The number of allylic oxidation sites excluding steroid dienone is 1. The number of benzene rings is 2. The van der Waals surface area contributed by atoms with Crippen molar-refractivity contribution < 1.29 is 14.6 Å². The normalized spacial score (nSPS) is 13.9. The number of aryl methyl sites for hydroxylation is 1. The molecule has 0 spiro atoms. The zero-order valence-corrected chi connectivity index (χ0v) is 17.7. The largest absolute Gasteiger partial charge is 0.489 e. The van der Waals surface area contributed by atoms with Crippen molar-refractivity contribution in [1.82, 2.24) is 0 Å². The lowest BCUT2D eigenvalue weighted by Crippen LogP contribution is -2.05. The van der Waals surface area contributed by atoms with Gasteiger partial charge in [-0.15, -0.1) is 0 Å². The second-order valence-electron chi connectivity index (χ2n) is 7.25. The van der Waals surface area contributed by atoms with Gasteiger partial charge in [0.05, 0.1) is 0 Å². The third-order valence-corrected chi connectivity index (χ3v) is 5.84. The Bertz CT molecular complexity index is 911.